The summed E-state index contributed by atoms with van der Waals surface area (Å²) in [6, 6.07) is 6.62. The molecule has 1 fully saturated rings. The molecule has 0 spiro atoms. The van der Waals surface area contributed by atoms with Gasteiger partial charge in [0.25, 0.3) is 0 Å². The largest absolute Gasteiger partial charge is 0.398 e. The number of nitrogens with two attached hydrogens (primary N) is 1. The molecule has 0 saturated heterocycles. The topological polar surface area (TPSA) is 47.3 Å². The second kappa shape index (κ2) is 4.81. The lowest BCUT2D eigenvalue weighted by Crippen LogP contribution is -2.58. The summed E-state index contributed by atoms with van der Waals surface area (Å²) in [7, 11) is 0. The first kappa shape index (κ1) is 13.2. The quantitative estimate of drug-likeness (QED) is 0.804. The monoisotopic (exact) mass is 248 g/mol. The second-order valence-electron chi connectivity index (χ2n) is 5.77. The van der Waals surface area contributed by atoms with E-state index in [4.69, 9.17) is 10.5 Å². The fourth-order valence-electron chi connectivity index (χ4n) is 2.55. The molecule has 1 saturated carbocycles. The Balaban J connectivity index is 2.01. The first-order chi connectivity index (χ1) is 8.45. The van der Waals surface area contributed by atoms with Crippen LogP contribution in [0.1, 0.15) is 32.8 Å². The van der Waals surface area contributed by atoms with E-state index in [9.17, 15) is 0 Å². The third-order valence-electron chi connectivity index (χ3n) is 4.17. The first-order valence-corrected chi connectivity index (χ1v) is 6.69. The number of aryl methyl sites for hydroxylation is 1. The summed E-state index contributed by atoms with van der Waals surface area (Å²) < 4.78 is 5.74. The molecule has 0 heterocycles. The van der Waals surface area contributed by atoms with Crippen molar-refractivity contribution in [2.45, 2.75) is 46.3 Å². The normalized spacial score (nSPS) is 25.6. The standard InChI is InChI=1S/C15H24N2O/c1-5-18-14-9-13(15(14,3)4)17-11-7-6-10(2)12(16)8-11/h6-8,13-14,17H,5,9,16H2,1-4H3. The summed E-state index contributed by atoms with van der Waals surface area (Å²) in [5.41, 5.74) is 9.18. The van der Waals surface area contributed by atoms with Crippen molar-refractivity contribution in [2.24, 2.45) is 5.41 Å². The zero-order valence-electron chi connectivity index (χ0n) is 11.8. The number of nitrogens with one attached hydrogen (secondary N) is 1. The molecule has 2 atom stereocenters. The molecule has 3 N–H and O–H groups in total. The van der Waals surface area contributed by atoms with Crippen molar-refractivity contribution >= 4 is 11.4 Å². The molecule has 0 radical (unpaired) electrons. The van der Waals surface area contributed by atoms with Crippen molar-refractivity contribution < 1.29 is 4.74 Å². The summed E-state index contributed by atoms with van der Waals surface area (Å²) in [6.07, 6.45) is 1.43. The number of rotatable bonds is 4. The minimum absolute atomic E-state index is 0.176. The molecule has 3 nitrogen and oxygen atoms in total. The fourth-order valence-corrected chi connectivity index (χ4v) is 2.55. The predicted octanol–water partition coefficient (Wildman–Crippen LogP) is 3.19. The van der Waals surface area contributed by atoms with Gasteiger partial charge in [-0.1, -0.05) is 19.9 Å². The van der Waals surface area contributed by atoms with Crippen LogP contribution in [0, 0.1) is 12.3 Å². The van der Waals surface area contributed by atoms with E-state index in [1.165, 1.54) is 0 Å². The lowest BCUT2D eigenvalue weighted by atomic mass is 9.64. The van der Waals surface area contributed by atoms with Gasteiger partial charge in [0, 0.05) is 29.4 Å². The molecular weight excluding hydrogens is 224 g/mol. The Labute approximate surface area is 110 Å². The highest BCUT2D eigenvalue weighted by molar-refractivity contribution is 5.59. The molecule has 3 heteroatoms. The van der Waals surface area contributed by atoms with Crippen molar-refractivity contribution in [1.29, 1.82) is 0 Å². The van der Waals surface area contributed by atoms with Crippen LogP contribution in [0.25, 0.3) is 0 Å². The van der Waals surface area contributed by atoms with Crippen LogP contribution in [0.3, 0.4) is 0 Å². The maximum Gasteiger partial charge on any atom is 0.0665 e. The average molecular weight is 248 g/mol. The second-order valence-corrected chi connectivity index (χ2v) is 5.77. The summed E-state index contributed by atoms with van der Waals surface area (Å²) >= 11 is 0. The Morgan fingerprint density at radius 2 is 2.17 bits per heavy atom. The molecule has 1 aromatic rings. The van der Waals surface area contributed by atoms with Gasteiger partial charge in [-0.25, -0.2) is 0 Å². The van der Waals surface area contributed by atoms with E-state index in [0.717, 1.165) is 30.0 Å². The number of hydrogen-bond acceptors (Lipinski definition) is 3. The Kier molecular flexibility index (Phi) is 3.53. The maximum atomic E-state index is 5.93. The molecule has 0 aromatic heterocycles. The van der Waals surface area contributed by atoms with Crippen molar-refractivity contribution in [1.82, 2.24) is 0 Å². The number of benzene rings is 1. The van der Waals surface area contributed by atoms with E-state index in [-0.39, 0.29) is 5.41 Å². The zero-order chi connectivity index (χ0) is 13.3. The molecular formula is C15H24N2O. The van der Waals surface area contributed by atoms with Gasteiger partial charge in [-0.3, -0.25) is 0 Å². The molecule has 18 heavy (non-hydrogen) atoms. The van der Waals surface area contributed by atoms with Crippen molar-refractivity contribution in [3.8, 4) is 0 Å². The first-order valence-electron chi connectivity index (χ1n) is 6.69. The molecule has 1 aliphatic carbocycles. The molecule has 100 valence electrons. The number of hydrogen-bond donors (Lipinski definition) is 2. The lowest BCUT2D eigenvalue weighted by molar-refractivity contribution is -0.0975. The van der Waals surface area contributed by atoms with Crippen LogP contribution < -0.4 is 11.1 Å². The van der Waals surface area contributed by atoms with E-state index < -0.39 is 0 Å². The van der Waals surface area contributed by atoms with Crippen LogP contribution in [0.5, 0.6) is 0 Å². The predicted molar refractivity (Wildman–Crippen MR) is 76.8 cm³/mol. The van der Waals surface area contributed by atoms with Gasteiger partial charge in [0.1, 0.15) is 0 Å². The minimum atomic E-state index is 0.176. The van der Waals surface area contributed by atoms with Crippen LogP contribution >= 0.6 is 0 Å². The Morgan fingerprint density at radius 1 is 1.44 bits per heavy atom. The van der Waals surface area contributed by atoms with Gasteiger partial charge in [0.05, 0.1) is 6.10 Å². The van der Waals surface area contributed by atoms with Gasteiger partial charge in [-0.15, -0.1) is 0 Å². The van der Waals surface area contributed by atoms with Gasteiger partial charge in [-0.2, -0.15) is 0 Å². The molecule has 1 aliphatic rings. The number of nitrogen functional groups attached to an aromatic ring is 1. The van der Waals surface area contributed by atoms with Crippen LogP contribution in [0.2, 0.25) is 0 Å². The fraction of sp³-hybridized carbons (Fsp3) is 0.600. The molecule has 0 aliphatic heterocycles. The van der Waals surface area contributed by atoms with Crippen LogP contribution in [0.15, 0.2) is 18.2 Å². The minimum Gasteiger partial charge on any atom is -0.398 e. The smallest absolute Gasteiger partial charge is 0.0665 e. The maximum absolute atomic E-state index is 5.93. The third kappa shape index (κ3) is 2.32. The summed E-state index contributed by atoms with van der Waals surface area (Å²) in [5, 5.41) is 3.57. The van der Waals surface area contributed by atoms with Crippen molar-refractivity contribution in [3.05, 3.63) is 23.8 Å². The third-order valence-corrected chi connectivity index (χ3v) is 4.17. The van der Waals surface area contributed by atoms with Crippen molar-refractivity contribution in [2.75, 3.05) is 17.7 Å². The van der Waals surface area contributed by atoms with Gasteiger partial charge < -0.3 is 15.8 Å². The van der Waals surface area contributed by atoms with Crippen LogP contribution in [-0.2, 0) is 4.74 Å². The Hall–Kier alpha value is -1.22. The average Bonchev–Trinajstić information content (AvgIpc) is 2.32. The van der Waals surface area contributed by atoms with E-state index >= 15 is 0 Å². The zero-order valence-corrected chi connectivity index (χ0v) is 11.8. The Morgan fingerprint density at radius 3 is 2.72 bits per heavy atom. The van der Waals surface area contributed by atoms with E-state index in [0.29, 0.717) is 12.1 Å². The molecule has 2 rings (SSSR count). The van der Waals surface area contributed by atoms with E-state index in [1.54, 1.807) is 0 Å². The highest BCUT2D eigenvalue weighted by atomic mass is 16.5. The van der Waals surface area contributed by atoms with Gasteiger partial charge in [-0.05, 0) is 38.0 Å². The molecule has 1 aromatic carbocycles. The lowest BCUT2D eigenvalue weighted by Gasteiger charge is -2.52. The van der Waals surface area contributed by atoms with E-state index in [2.05, 4.69) is 38.2 Å². The SMILES string of the molecule is CCOC1CC(Nc2ccc(C)c(N)c2)C1(C)C. The summed E-state index contributed by atoms with van der Waals surface area (Å²) in [4.78, 5) is 0. The van der Waals surface area contributed by atoms with Gasteiger partial charge >= 0.3 is 0 Å². The van der Waals surface area contributed by atoms with Crippen LogP contribution in [0.4, 0.5) is 11.4 Å². The van der Waals surface area contributed by atoms with Gasteiger partial charge in [0.2, 0.25) is 0 Å². The van der Waals surface area contributed by atoms with Crippen LogP contribution in [-0.4, -0.2) is 18.8 Å². The number of ether oxygens (including phenoxy) is 1. The molecule has 0 bridgehead atoms. The Bertz CT molecular complexity index is 429. The number of anilines is 2. The van der Waals surface area contributed by atoms with Gasteiger partial charge in [0.15, 0.2) is 0 Å². The highest BCUT2D eigenvalue weighted by Crippen LogP contribution is 2.44. The summed E-state index contributed by atoms with van der Waals surface area (Å²) in [5.74, 6) is 0. The molecule has 0 amide bonds. The molecule has 2 unspecified atom stereocenters. The van der Waals surface area contributed by atoms with E-state index in [1.807, 2.05) is 13.0 Å². The van der Waals surface area contributed by atoms with Crippen molar-refractivity contribution in [3.63, 3.8) is 0 Å². The summed E-state index contributed by atoms with van der Waals surface area (Å²) in [6.45, 7) is 9.38. The highest BCUT2D eigenvalue weighted by Gasteiger charge is 2.48.